The Morgan fingerprint density at radius 2 is 1.68 bits per heavy atom. The van der Waals surface area contributed by atoms with Crippen molar-refractivity contribution in [3.63, 3.8) is 0 Å². The van der Waals surface area contributed by atoms with Gasteiger partial charge < -0.3 is 15.2 Å². The first-order chi connectivity index (χ1) is 17.1. The molecular weight excluding hydrogens is 509 g/mol. The molecule has 1 aromatic heterocycles. The maximum atomic E-state index is 13.1. The van der Waals surface area contributed by atoms with Gasteiger partial charge in [-0.15, -0.1) is 0 Å². The van der Waals surface area contributed by atoms with Gasteiger partial charge in [0.1, 0.15) is 5.82 Å². The van der Waals surface area contributed by atoms with Crippen LogP contribution in [0.3, 0.4) is 0 Å². The number of carbonyl (C=O) groups excluding carboxylic acids is 1. The first kappa shape index (κ1) is 28.1. The van der Waals surface area contributed by atoms with E-state index in [1.54, 1.807) is 58.9 Å². The highest BCUT2D eigenvalue weighted by Crippen LogP contribution is 2.39. The number of rotatable bonds is 6. The summed E-state index contributed by atoms with van der Waals surface area (Å²) in [5, 5.41) is 13.1. The summed E-state index contributed by atoms with van der Waals surface area (Å²) >= 11 is 6.05. The number of pyridine rings is 1. The number of halogens is 4. The zero-order chi connectivity index (χ0) is 27.7. The molecule has 2 N–H and O–H groups in total. The molecule has 10 heteroatoms. The molecule has 0 aliphatic carbocycles. The van der Waals surface area contributed by atoms with E-state index >= 15 is 0 Å². The zero-order valence-electron chi connectivity index (χ0n) is 20.8. The van der Waals surface area contributed by atoms with Crippen LogP contribution in [0.4, 0.5) is 19.0 Å². The Balaban J connectivity index is 2.17. The van der Waals surface area contributed by atoms with E-state index < -0.39 is 35.3 Å². The van der Waals surface area contributed by atoms with E-state index in [9.17, 15) is 27.9 Å². The van der Waals surface area contributed by atoms with Gasteiger partial charge in [-0.25, -0.2) is 9.78 Å². The highest BCUT2D eigenvalue weighted by atomic mass is 35.5. The van der Waals surface area contributed by atoms with Crippen LogP contribution in [0.25, 0.3) is 11.1 Å². The van der Waals surface area contributed by atoms with E-state index in [0.717, 1.165) is 18.2 Å². The molecule has 1 atom stereocenters. The molecule has 196 valence electrons. The second kappa shape index (κ2) is 10.5. The molecule has 1 heterocycles. The Morgan fingerprint density at radius 3 is 2.22 bits per heavy atom. The van der Waals surface area contributed by atoms with Gasteiger partial charge in [0.2, 0.25) is 0 Å². The molecule has 0 fully saturated rings. The van der Waals surface area contributed by atoms with E-state index in [1.807, 2.05) is 0 Å². The smallest absolute Gasteiger partial charge is 0.416 e. The fourth-order valence-electron chi connectivity index (χ4n) is 3.85. The van der Waals surface area contributed by atoms with Gasteiger partial charge in [-0.05, 0) is 76.1 Å². The number of anilines is 1. The minimum absolute atomic E-state index is 0.0773. The van der Waals surface area contributed by atoms with Gasteiger partial charge in [-0.1, -0.05) is 29.8 Å². The number of hydrogen-bond acceptors (Lipinski definition) is 4. The maximum absolute atomic E-state index is 13.1. The average Bonchev–Trinajstić information content (AvgIpc) is 2.79. The van der Waals surface area contributed by atoms with Crippen molar-refractivity contribution >= 4 is 29.3 Å². The fourth-order valence-corrected chi connectivity index (χ4v) is 3.97. The minimum Gasteiger partial charge on any atom is -0.479 e. The van der Waals surface area contributed by atoms with Crippen LogP contribution in [0, 0.1) is 13.8 Å². The number of hydrogen-bond donors (Lipinski definition) is 2. The normalized spacial score (nSPS) is 12.8. The lowest BCUT2D eigenvalue weighted by Crippen LogP contribution is -2.29. The van der Waals surface area contributed by atoms with Gasteiger partial charge in [-0.3, -0.25) is 4.79 Å². The van der Waals surface area contributed by atoms with Crippen LogP contribution >= 0.6 is 11.6 Å². The van der Waals surface area contributed by atoms with Crippen molar-refractivity contribution in [1.29, 1.82) is 0 Å². The van der Waals surface area contributed by atoms with Gasteiger partial charge >= 0.3 is 12.1 Å². The number of carboxylic acids is 1. The summed E-state index contributed by atoms with van der Waals surface area (Å²) in [5.74, 6) is -1.94. The third kappa shape index (κ3) is 6.67. The number of carbonyl (C=O) groups is 2. The summed E-state index contributed by atoms with van der Waals surface area (Å²) in [7, 11) is 0. The molecule has 6 nitrogen and oxygen atoms in total. The van der Waals surface area contributed by atoms with Crippen molar-refractivity contribution in [3.05, 3.63) is 81.5 Å². The number of alkyl halides is 3. The molecule has 3 rings (SSSR count). The molecule has 1 amide bonds. The lowest BCUT2D eigenvalue weighted by Gasteiger charge is -2.28. The lowest BCUT2D eigenvalue weighted by molar-refractivity contribution is -0.160. The van der Waals surface area contributed by atoms with Crippen molar-refractivity contribution in [2.45, 2.75) is 52.5 Å². The number of carboxylic acid groups (broad SMARTS) is 1. The van der Waals surface area contributed by atoms with Crippen molar-refractivity contribution in [2.24, 2.45) is 0 Å². The number of aryl methyl sites for hydroxylation is 1. The van der Waals surface area contributed by atoms with Crippen molar-refractivity contribution < 1.29 is 32.6 Å². The van der Waals surface area contributed by atoms with E-state index in [4.69, 9.17) is 16.3 Å². The van der Waals surface area contributed by atoms with Crippen molar-refractivity contribution in [2.75, 3.05) is 5.32 Å². The summed E-state index contributed by atoms with van der Waals surface area (Å²) in [6, 6.07) is 10.7. The molecule has 3 aromatic rings. The Morgan fingerprint density at radius 1 is 1.05 bits per heavy atom. The second-order valence-electron chi connectivity index (χ2n) is 9.45. The second-order valence-corrected chi connectivity index (χ2v) is 9.88. The molecular formula is C27H26ClF3N2O4. The van der Waals surface area contributed by atoms with Crippen molar-refractivity contribution in [3.8, 4) is 11.1 Å². The summed E-state index contributed by atoms with van der Waals surface area (Å²) in [6.07, 6.45) is -5.99. The van der Waals surface area contributed by atoms with E-state index in [2.05, 4.69) is 10.3 Å². The largest absolute Gasteiger partial charge is 0.479 e. The molecule has 0 saturated heterocycles. The zero-order valence-corrected chi connectivity index (χ0v) is 21.6. The lowest BCUT2D eigenvalue weighted by atomic mass is 9.91. The quantitative estimate of drug-likeness (QED) is 0.348. The van der Waals surface area contributed by atoms with Crippen LogP contribution in [0.2, 0.25) is 5.02 Å². The molecule has 0 saturated carbocycles. The topological polar surface area (TPSA) is 88.5 Å². The van der Waals surface area contributed by atoms with Crippen LogP contribution in [0.5, 0.6) is 0 Å². The number of aliphatic carboxylic acids is 1. The molecule has 0 spiro atoms. The first-order valence-electron chi connectivity index (χ1n) is 11.2. The summed E-state index contributed by atoms with van der Waals surface area (Å²) in [5.41, 5.74) is 0.0581. The summed E-state index contributed by atoms with van der Waals surface area (Å²) in [6.45, 7) is 8.40. The number of amides is 1. The van der Waals surface area contributed by atoms with Crippen LogP contribution < -0.4 is 5.32 Å². The molecule has 0 bridgehead atoms. The molecule has 0 aliphatic heterocycles. The summed E-state index contributed by atoms with van der Waals surface area (Å²) < 4.78 is 45.3. The SMILES string of the molecule is Cc1nc(NC(=O)c2cccc(C(F)(F)F)c2)c(C)c(-c2ccc(Cl)cc2)c1[C@H](OC(C)(C)C)C(=O)O. The van der Waals surface area contributed by atoms with Crippen molar-refractivity contribution in [1.82, 2.24) is 4.98 Å². The number of nitrogens with one attached hydrogen (secondary N) is 1. The highest BCUT2D eigenvalue weighted by molar-refractivity contribution is 6.30. The Bertz CT molecular complexity index is 1330. The Kier molecular flexibility index (Phi) is 8.00. The van der Waals surface area contributed by atoms with E-state index in [-0.39, 0.29) is 17.1 Å². The van der Waals surface area contributed by atoms with Gasteiger partial charge in [-0.2, -0.15) is 13.2 Å². The molecule has 0 radical (unpaired) electrons. The van der Waals surface area contributed by atoms with Gasteiger partial charge in [0.25, 0.3) is 5.91 Å². The predicted octanol–water partition coefficient (Wildman–Crippen LogP) is 7.23. The summed E-state index contributed by atoms with van der Waals surface area (Å²) in [4.78, 5) is 29.6. The van der Waals surface area contributed by atoms with Crippen LogP contribution in [-0.4, -0.2) is 27.6 Å². The predicted molar refractivity (Wildman–Crippen MR) is 135 cm³/mol. The number of ether oxygens (including phenoxy) is 1. The van der Waals surface area contributed by atoms with Crippen LogP contribution in [0.15, 0.2) is 48.5 Å². The number of benzene rings is 2. The monoisotopic (exact) mass is 534 g/mol. The fraction of sp³-hybridized carbons (Fsp3) is 0.296. The van der Waals surface area contributed by atoms with E-state index in [0.29, 0.717) is 27.3 Å². The Labute approximate surface area is 217 Å². The maximum Gasteiger partial charge on any atom is 0.416 e. The molecule has 0 unspecified atom stereocenters. The molecule has 2 aromatic carbocycles. The number of aromatic nitrogens is 1. The van der Waals surface area contributed by atoms with Gasteiger partial charge in [0.05, 0.1) is 11.2 Å². The minimum atomic E-state index is -4.61. The molecule has 37 heavy (non-hydrogen) atoms. The average molecular weight is 535 g/mol. The molecule has 0 aliphatic rings. The first-order valence-corrected chi connectivity index (χ1v) is 11.6. The third-order valence-electron chi connectivity index (χ3n) is 5.44. The van der Waals surface area contributed by atoms with Gasteiger partial charge in [0, 0.05) is 27.4 Å². The third-order valence-corrected chi connectivity index (χ3v) is 5.70. The van der Waals surface area contributed by atoms with E-state index in [1.165, 1.54) is 6.07 Å². The highest BCUT2D eigenvalue weighted by Gasteiger charge is 2.33. The number of nitrogens with zero attached hydrogens (tertiary/aromatic N) is 1. The van der Waals surface area contributed by atoms with Crippen LogP contribution in [0.1, 0.15) is 59.6 Å². The Hall–Kier alpha value is -3.43. The van der Waals surface area contributed by atoms with Gasteiger partial charge in [0.15, 0.2) is 6.10 Å². The van der Waals surface area contributed by atoms with Crippen LogP contribution in [-0.2, 0) is 15.7 Å². The standard InChI is InChI=1S/C27H26ClF3N2O4/c1-14-20(16-9-11-19(28)12-10-16)21(22(25(35)36)37-26(3,4)5)15(2)32-23(14)33-24(34)17-7-6-8-18(13-17)27(29,30)31/h6-13,22H,1-5H3,(H,35,36)(H,32,33,34)/t22-/m0/s1.